The minimum Gasteiger partial charge on any atom is -0.508 e. The number of carbonyl (C=O) groups excluding carboxylic acids is 2. The smallest absolute Gasteiger partial charge is 0.287 e. The first-order valence-electron chi connectivity index (χ1n) is 15.7. The molecule has 1 aliphatic carbocycles. The zero-order valence-corrected chi connectivity index (χ0v) is 25.9. The van der Waals surface area contributed by atoms with Crippen LogP contribution in [0.2, 0.25) is 5.02 Å². The molecule has 1 aromatic heterocycles. The number of phenolic OH excluding ortho intramolecular Hbond substituents is 1. The molecular formula is C37H37ClN2O5. The summed E-state index contributed by atoms with van der Waals surface area (Å²) in [4.78, 5) is 40.6. The number of benzene rings is 3. The Morgan fingerprint density at radius 1 is 1.00 bits per heavy atom. The Balaban J connectivity index is 1.18. The number of allylic oxidation sites excluding steroid dienone is 1. The molecule has 6 rings (SSSR count). The Labute approximate surface area is 267 Å². The summed E-state index contributed by atoms with van der Waals surface area (Å²) < 4.78 is 5.77. The highest BCUT2D eigenvalue weighted by Crippen LogP contribution is 2.37. The molecule has 2 heterocycles. The van der Waals surface area contributed by atoms with Crippen LogP contribution in [-0.4, -0.2) is 34.4 Å². The van der Waals surface area contributed by atoms with Gasteiger partial charge >= 0.3 is 0 Å². The van der Waals surface area contributed by atoms with E-state index in [1.165, 1.54) is 41.0 Å². The second-order valence-electron chi connectivity index (χ2n) is 12.1. The Hall–Kier alpha value is -4.36. The number of rotatable bonds is 8. The lowest BCUT2D eigenvalue weighted by atomic mass is 9.79. The summed E-state index contributed by atoms with van der Waals surface area (Å²) >= 11 is 6.12. The van der Waals surface area contributed by atoms with Gasteiger partial charge in [-0.15, -0.1) is 0 Å². The van der Waals surface area contributed by atoms with Crippen LogP contribution < -0.4 is 10.7 Å². The number of amides is 2. The van der Waals surface area contributed by atoms with Gasteiger partial charge in [-0.05, 0) is 97.9 Å². The maximum Gasteiger partial charge on any atom is 0.287 e. The van der Waals surface area contributed by atoms with Crippen molar-refractivity contribution in [3.05, 3.63) is 122 Å². The molecule has 1 saturated heterocycles. The molecule has 0 unspecified atom stereocenters. The summed E-state index contributed by atoms with van der Waals surface area (Å²) in [5.74, 6) is 0.0599. The van der Waals surface area contributed by atoms with Gasteiger partial charge in [-0.3, -0.25) is 14.4 Å². The molecule has 1 aliphatic heterocycles. The molecule has 1 saturated carbocycles. The molecule has 4 aromatic rings. The van der Waals surface area contributed by atoms with Crippen LogP contribution in [-0.2, 0) is 17.8 Å². The fourth-order valence-corrected chi connectivity index (χ4v) is 6.71. The second-order valence-corrected chi connectivity index (χ2v) is 12.6. The number of piperidine rings is 1. The van der Waals surface area contributed by atoms with Gasteiger partial charge in [0.2, 0.25) is 5.91 Å². The summed E-state index contributed by atoms with van der Waals surface area (Å²) in [6, 6.07) is 21.2. The minimum absolute atomic E-state index is 0.0445. The van der Waals surface area contributed by atoms with Crippen molar-refractivity contribution >= 4 is 34.4 Å². The number of nitrogens with one attached hydrogen (secondary N) is 1. The number of nitrogens with zero attached hydrogens (tertiary/aromatic N) is 1. The molecule has 2 amide bonds. The van der Waals surface area contributed by atoms with Gasteiger partial charge < -0.3 is 19.7 Å². The van der Waals surface area contributed by atoms with Crippen molar-refractivity contribution in [2.24, 2.45) is 0 Å². The molecule has 2 N–H and O–H groups in total. The average Bonchev–Trinajstić information content (AvgIpc) is 3.04. The SMILES string of the molecule is O=C(N[C@H](C=C1CCC(c2ccccc2CN2CCCCC2=O)CC1)Cc1ccc(Cl)cc1)c1cc(=O)c2cc(O)ccc2o1. The zero-order valence-electron chi connectivity index (χ0n) is 25.1. The Bertz CT molecular complexity index is 1790. The predicted molar refractivity (Wildman–Crippen MR) is 176 cm³/mol. The van der Waals surface area contributed by atoms with Gasteiger partial charge in [0, 0.05) is 30.6 Å². The molecule has 45 heavy (non-hydrogen) atoms. The van der Waals surface area contributed by atoms with Crippen LogP contribution in [0, 0.1) is 0 Å². The molecule has 2 aliphatic rings. The van der Waals surface area contributed by atoms with Crippen molar-refractivity contribution in [1.29, 1.82) is 0 Å². The summed E-state index contributed by atoms with van der Waals surface area (Å²) in [6.07, 6.45) is 9.19. The van der Waals surface area contributed by atoms with Crippen LogP contribution >= 0.6 is 11.6 Å². The lowest BCUT2D eigenvalue weighted by Gasteiger charge is -2.31. The van der Waals surface area contributed by atoms with Crippen molar-refractivity contribution in [3.63, 3.8) is 0 Å². The third-order valence-electron chi connectivity index (χ3n) is 8.96. The van der Waals surface area contributed by atoms with Crippen LogP contribution in [0.25, 0.3) is 11.0 Å². The number of carbonyl (C=O) groups is 2. The lowest BCUT2D eigenvalue weighted by molar-refractivity contribution is -0.133. The standard InChI is InChI=1S/C37H37ClN2O5/c38-28-14-10-25(11-15-28)20-29(39-37(44)35-22-33(42)32-21-30(41)16-17-34(32)45-35)19-24-8-12-26(13-9-24)31-6-2-1-5-27(31)23-40-18-4-3-7-36(40)43/h1-2,5-6,10-11,14-17,19,21-22,26,29,41H,3-4,7-9,12-13,18,20,23H2,(H,39,44)/t26?,29-/m1/s1. The maximum atomic E-state index is 13.4. The number of halogens is 1. The monoisotopic (exact) mass is 624 g/mol. The molecule has 0 spiro atoms. The van der Waals surface area contributed by atoms with Gasteiger partial charge in [0.1, 0.15) is 11.3 Å². The molecule has 0 bridgehead atoms. The molecule has 0 radical (unpaired) electrons. The van der Waals surface area contributed by atoms with E-state index < -0.39 is 11.3 Å². The topological polar surface area (TPSA) is 99.9 Å². The van der Waals surface area contributed by atoms with E-state index in [9.17, 15) is 19.5 Å². The largest absolute Gasteiger partial charge is 0.508 e. The third-order valence-corrected chi connectivity index (χ3v) is 9.21. The lowest BCUT2D eigenvalue weighted by Crippen LogP contribution is -2.36. The third kappa shape index (κ3) is 7.48. The molecule has 1 atom stereocenters. The van der Waals surface area contributed by atoms with Crippen molar-refractivity contribution in [3.8, 4) is 5.75 Å². The molecule has 232 valence electrons. The fraction of sp³-hybridized carbons (Fsp3) is 0.324. The number of likely N-dealkylation sites (tertiary alicyclic amines) is 1. The highest BCUT2D eigenvalue weighted by Gasteiger charge is 2.25. The van der Waals surface area contributed by atoms with Crippen molar-refractivity contribution in [1.82, 2.24) is 10.2 Å². The van der Waals surface area contributed by atoms with Gasteiger partial charge in [0.05, 0.1) is 11.4 Å². The van der Waals surface area contributed by atoms with Crippen molar-refractivity contribution in [2.45, 2.75) is 69.9 Å². The minimum atomic E-state index is -0.479. The highest BCUT2D eigenvalue weighted by molar-refractivity contribution is 6.30. The fourth-order valence-electron chi connectivity index (χ4n) is 6.58. The first-order valence-corrected chi connectivity index (χ1v) is 16.1. The predicted octanol–water partition coefficient (Wildman–Crippen LogP) is 7.29. The van der Waals surface area contributed by atoms with E-state index in [2.05, 4.69) is 35.7 Å². The number of aromatic hydroxyl groups is 1. The Kier molecular flexibility index (Phi) is 9.36. The summed E-state index contributed by atoms with van der Waals surface area (Å²) in [5.41, 5.74) is 4.72. The Morgan fingerprint density at radius 2 is 1.78 bits per heavy atom. The first-order chi connectivity index (χ1) is 21.8. The first kappa shape index (κ1) is 30.7. The zero-order chi connectivity index (χ0) is 31.3. The van der Waals surface area contributed by atoms with Crippen molar-refractivity contribution in [2.75, 3.05) is 6.54 Å². The van der Waals surface area contributed by atoms with E-state index in [4.69, 9.17) is 16.0 Å². The van der Waals surface area contributed by atoms with Crippen LogP contribution in [0.4, 0.5) is 0 Å². The summed E-state index contributed by atoms with van der Waals surface area (Å²) in [6.45, 7) is 1.51. The van der Waals surface area contributed by atoms with E-state index in [0.29, 0.717) is 30.3 Å². The van der Waals surface area contributed by atoms with Crippen LogP contribution in [0.15, 0.2) is 93.7 Å². The van der Waals surface area contributed by atoms with E-state index in [-0.39, 0.29) is 34.4 Å². The molecule has 8 heteroatoms. The second kappa shape index (κ2) is 13.7. The molecule has 2 fully saturated rings. The highest BCUT2D eigenvalue weighted by atomic mass is 35.5. The normalized spacial score (nSPS) is 17.7. The molecular weight excluding hydrogens is 588 g/mol. The van der Waals surface area contributed by atoms with E-state index in [1.54, 1.807) is 0 Å². The van der Waals surface area contributed by atoms with Gasteiger partial charge in [0.15, 0.2) is 11.2 Å². The number of phenols is 1. The van der Waals surface area contributed by atoms with Gasteiger partial charge in [-0.2, -0.15) is 0 Å². The quantitative estimate of drug-likeness (QED) is 0.201. The number of fused-ring (bicyclic) bond motifs is 1. The number of hydrogen-bond donors (Lipinski definition) is 2. The van der Waals surface area contributed by atoms with Gasteiger partial charge in [0.25, 0.3) is 5.91 Å². The number of hydrogen-bond acceptors (Lipinski definition) is 5. The maximum absolute atomic E-state index is 13.4. The van der Waals surface area contributed by atoms with Crippen molar-refractivity contribution < 1.29 is 19.1 Å². The average molecular weight is 625 g/mol. The molecule has 7 nitrogen and oxygen atoms in total. The summed E-state index contributed by atoms with van der Waals surface area (Å²) in [5, 5.41) is 13.7. The molecule has 3 aromatic carbocycles. The van der Waals surface area contributed by atoms with E-state index in [1.807, 2.05) is 29.2 Å². The van der Waals surface area contributed by atoms with Crippen LogP contribution in [0.3, 0.4) is 0 Å². The van der Waals surface area contributed by atoms with E-state index >= 15 is 0 Å². The van der Waals surface area contributed by atoms with Gasteiger partial charge in [-0.25, -0.2) is 0 Å². The summed E-state index contributed by atoms with van der Waals surface area (Å²) in [7, 11) is 0. The van der Waals surface area contributed by atoms with E-state index in [0.717, 1.165) is 50.6 Å². The van der Waals surface area contributed by atoms with Crippen LogP contribution in [0.1, 0.15) is 78.1 Å². The Morgan fingerprint density at radius 3 is 2.56 bits per heavy atom. The van der Waals surface area contributed by atoms with Gasteiger partial charge in [-0.1, -0.05) is 59.6 Å². The van der Waals surface area contributed by atoms with Crippen LogP contribution in [0.5, 0.6) is 5.75 Å².